The number of carbonyl (C=O) groups is 1. The molecule has 1 amide bonds. The Morgan fingerprint density at radius 2 is 1.85 bits per heavy atom. The van der Waals surface area contributed by atoms with E-state index in [2.05, 4.69) is 39.5 Å². The van der Waals surface area contributed by atoms with E-state index in [-0.39, 0.29) is 5.91 Å². The van der Waals surface area contributed by atoms with E-state index >= 15 is 0 Å². The lowest BCUT2D eigenvalue weighted by atomic mass is 9.99. The minimum Gasteiger partial charge on any atom is -0.497 e. The molecule has 2 heterocycles. The van der Waals surface area contributed by atoms with Gasteiger partial charge in [-0.05, 0) is 86.0 Å². The maximum Gasteiger partial charge on any atom is 0.226 e. The van der Waals surface area contributed by atoms with Crippen molar-refractivity contribution in [3.63, 3.8) is 0 Å². The molecule has 0 spiro atoms. The molecule has 2 N–H and O–H groups in total. The average molecular weight is 466 g/mol. The van der Waals surface area contributed by atoms with Crippen LogP contribution in [0.1, 0.15) is 31.7 Å². The molecule has 8 heteroatoms. The van der Waals surface area contributed by atoms with Crippen molar-refractivity contribution >= 4 is 23.8 Å². The number of ether oxygens (including phenoxy) is 1. The van der Waals surface area contributed by atoms with Crippen LogP contribution < -0.4 is 10.1 Å². The molecule has 1 fully saturated rings. The number of aromatic nitrogens is 3. The first-order valence-electron chi connectivity index (χ1n) is 11.4. The summed E-state index contributed by atoms with van der Waals surface area (Å²) in [6.07, 6.45) is 2.84. The molecule has 174 valence electrons. The smallest absolute Gasteiger partial charge is 0.226 e. The van der Waals surface area contributed by atoms with Gasteiger partial charge < -0.3 is 10.1 Å². The van der Waals surface area contributed by atoms with E-state index in [1.165, 1.54) is 18.4 Å². The summed E-state index contributed by atoms with van der Waals surface area (Å²) in [4.78, 5) is 15.1. The van der Waals surface area contributed by atoms with E-state index in [9.17, 15) is 4.79 Å². The van der Waals surface area contributed by atoms with Crippen LogP contribution in [-0.4, -0.2) is 45.8 Å². The fraction of sp³-hybridized carbons (Fsp3) is 0.400. The largest absolute Gasteiger partial charge is 0.497 e. The zero-order valence-corrected chi connectivity index (χ0v) is 20.0. The number of rotatable bonds is 8. The fourth-order valence-electron chi connectivity index (χ4n) is 4.09. The number of carbonyl (C=O) groups excluding carboxylic acids is 1. The van der Waals surface area contributed by atoms with Crippen LogP contribution >= 0.6 is 12.2 Å². The lowest BCUT2D eigenvalue weighted by Crippen LogP contribution is -2.32. The highest BCUT2D eigenvalue weighted by Crippen LogP contribution is 2.22. The van der Waals surface area contributed by atoms with Crippen LogP contribution in [0.5, 0.6) is 5.75 Å². The van der Waals surface area contributed by atoms with Gasteiger partial charge in [0, 0.05) is 30.8 Å². The first-order valence-corrected chi connectivity index (χ1v) is 11.8. The van der Waals surface area contributed by atoms with Crippen molar-refractivity contribution in [1.29, 1.82) is 0 Å². The van der Waals surface area contributed by atoms with E-state index in [1.807, 2.05) is 41.0 Å². The zero-order valence-electron chi connectivity index (χ0n) is 19.2. The molecule has 0 radical (unpaired) electrons. The maximum atomic E-state index is 12.6. The standard InChI is InChI=1S/C25H31N5O2S/c1-18-11-14-29(15-12-18)17-19-3-7-21(8-4-19)26-23(31)13-16-30-24(27-28-25(30)33)20-5-9-22(32-2)10-6-20/h3-10,18H,11-17H2,1-2H3,(H,26,31)(H,28,33). The summed E-state index contributed by atoms with van der Waals surface area (Å²) in [6, 6.07) is 15.7. The summed E-state index contributed by atoms with van der Waals surface area (Å²) in [5.74, 6) is 2.25. The molecule has 33 heavy (non-hydrogen) atoms. The predicted octanol–water partition coefficient (Wildman–Crippen LogP) is 4.88. The Bertz CT molecular complexity index is 1110. The maximum absolute atomic E-state index is 12.6. The van der Waals surface area contributed by atoms with Gasteiger partial charge in [-0.2, -0.15) is 5.10 Å². The predicted molar refractivity (Wildman–Crippen MR) is 133 cm³/mol. The Hall–Kier alpha value is -2.97. The minimum atomic E-state index is -0.0588. The highest BCUT2D eigenvalue weighted by molar-refractivity contribution is 7.71. The number of H-pyrrole nitrogens is 1. The van der Waals surface area contributed by atoms with Crippen molar-refractivity contribution in [3.05, 3.63) is 58.9 Å². The van der Waals surface area contributed by atoms with E-state index in [0.29, 0.717) is 23.6 Å². The summed E-state index contributed by atoms with van der Waals surface area (Å²) < 4.78 is 7.55. The van der Waals surface area contributed by atoms with Crippen molar-refractivity contribution in [2.45, 2.75) is 39.3 Å². The summed E-state index contributed by atoms with van der Waals surface area (Å²) in [7, 11) is 1.63. The number of methoxy groups -OCH3 is 1. The number of piperidine rings is 1. The third-order valence-electron chi connectivity index (χ3n) is 6.19. The van der Waals surface area contributed by atoms with Gasteiger partial charge in [0.2, 0.25) is 5.91 Å². The number of benzene rings is 2. The second kappa shape index (κ2) is 10.8. The molecular formula is C25H31N5O2S. The van der Waals surface area contributed by atoms with Crippen molar-refractivity contribution < 1.29 is 9.53 Å². The van der Waals surface area contributed by atoms with Crippen LogP contribution in [-0.2, 0) is 17.9 Å². The Balaban J connectivity index is 1.31. The molecule has 3 aromatic rings. The Morgan fingerprint density at radius 3 is 2.52 bits per heavy atom. The van der Waals surface area contributed by atoms with Gasteiger partial charge >= 0.3 is 0 Å². The number of nitrogens with zero attached hydrogens (tertiary/aromatic N) is 3. The lowest BCUT2D eigenvalue weighted by Gasteiger charge is -2.30. The molecular weight excluding hydrogens is 434 g/mol. The molecule has 1 aliphatic rings. The first kappa shape index (κ1) is 23.2. The molecule has 1 saturated heterocycles. The number of nitrogens with one attached hydrogen (secondary N) is 2. The van der Waals surface area contributed by atoms with Crippen LogP contribution in [0.2, 0.25) is 0 Å². The zero-order chi connectivity index (χ0) is 23.2. The molecule has 0 saturated carbocycles. The van der Waals surface area contributed by atoms with Crippen LogP contribution in [0, 0.1) is 10.7 Å². The molecule has 1 aromatic heterocycles. The van der Waals surface area contributed by atoms with E-state index in [1.54, 1.807) is 7.11 Å². The quantitative estimate of drug-likeness (QED) is 0.464. The average Bonchev–Trinajstić information content (AvgIpc) is 3.20. The Morgan fingerprint density at radius 1 is 1.15 bits per heavy atom. The number of aromatic amines is 1. The molecule has 0 bridgehead atoms. The van der Waals surface area contributed by atoms with Crippen molar-refractivity contribution in [2.24, 2.45) is 5.92 Å². The van der Waals surface area contributed by atoms with Gasteiger partial charge in [0.25, 0.3) is 0 Å². The summed E-state index contributed by atoms with van der Waals surface area (Å²) >= 11 is 5.38. The van der Waals surface area contributed by atoms with Crippen molar-refractivity contribution in [2.75, 3.05) is 25.5 Å². The van der Waals surface area contributed by atoms with Crippen LogP contribution in [0.25, 0.3) is 11.4 Å². The highest BCUT2D eigenvalue weighted by Gasteiger charge is 2.16. The van der Waals surface area contributed by atoms with Gasteiger partial charge in [0.1, 0.15) is 5.75 Å². The van der Waals surface area contributed by atoms with Crippen LogP contribution in [0.15, 0.2) is 48.5 Å². The molecule has 2 aromatic carbocycles. The van der Waals surface area contributed by atoms with Crippen molar-refractivity contribution in [1.82, 2.24) is 19.7 Å². The molecule has 7 nitrogen and oxygen atoms in total. The number of hydrogen-bond donors (Lipinski definition) is 2. The van der Waals surface area contributed by atoms with Crippen molar-refractivity contribution in [3.8, 4) is 17.1 Å². The summed E-state index contributed by atoms with van der Waals surface area (Å²) in [5, 5.41) is 10.2. The normalized spacial score (nSPS) is 14.8. The summed E-state index contributed by atoms with van der Waals surface area (Å²) in [5.41, 5.74) is 2.99. The number of amides is 1. The number of hydrogen-bond acceptors (Lipinski definition) is 5. The van der Waals surface area contributed by atoms with Gasteiger partial charge in [-0.3, -0.25) is 19.4 Å². The molecule has 1 aliphatic heterocycles. The lowest BCUT2D eigenvalue weighted by molar-refractivity contribution is -0.116. The highest BCUT2D eigenvalue weighted by atomic mass is 32.1. The van der Waals surface area contributed by atoms with Gasteiger partial charge in [0.15, 0.2) is 10.6 Å². The minimum absolute atomic E-state index is 0.0588. The SMILES string of the molecule is COc1ccc(-c2n[nH]c(=S)n2CCC(=O)Nc2ccc(CN3CCC(C)CC3)cc2)cc1. The second-order valence-corrected chi connectivity index (χ2v) is 9.07. The van der Waals surface area contributed by atoms with E-state index in [4.69, 9.17) is 17.0 Å². The van der Waals surface area contributed by atoms with E-state index < -0.39 is 0 Å². The Kier molecular flexibility index (Phi) is 7.57. The van der Waals surface area contributed by atoms with Gasteiger partial charge in [0.05, 0.1) is 7.11 Å². The number of anilines is 1. The first-order chi connectivity index (χ1) is 16.0. The number of likely N-dealkylation sites (tertiary alicyclic amines) is 1. The molecule has 0 aliphatic carbocycles. The molecule has 4 rings (SSSR count). The van der Waals surface area contributed by atoms with Gasteiger partial charge in [-0.25, -0.2) is 0 Å². The van der Waals surface area contributed by atoms with E-state index in [0.717, 1.165) is 42.6 Å². The molecule has 0 unspecified atom stereocenters. The monoisotopic (exact) mass is 465 g/mol. The summed E-state index contributed by atoms with van der Waals surface area (Å²) in [6.45, 7) is 6.06. The van der Waals surface area contributed by atoms with Gasteiger partial charge in [-0.15, -0.1) is 0 Å². The fourth-order valence-corrected chi connectivity index (χ4v) is 4.32. The van der Waals surface area contributed by atoms with Gasteiger partial charge in [-0.1, -0.05) is 19.1 Å². The second-order valence-electron chi connectivity index (χ2n) is 8.69. The third kappa shape index (κ3) is 6.09. The van der Waals surface area contributed by atoms with Crippen LogP contribution in [0.4, 0.5) is 5.69 Å². The Labute approximate surface area is 199 Å². The third-order valence-corrected chi connectivity index (χ3v) is 6.50. The topological polar surface area (TPSA) is 75.2 Å². The van der Waals surface area contributed by atoms with Crippen LogP contribution in [0.3, 0.4) is 0 Å². The molecule has 0 atom stereocenters.